The van der Waals surface area contributed by atoms with Gasteiger partial charge in [-0.3, -0.25) is 9.98 Å². The molecule has 2 rings (SSSR count). The first kappa shape index (κ1) is 20.1. The molecule has 0 bridgehead atoms. The van der Waals surface area contributed by atoms with E-state index in [0.29, 0.717) is 6.54 Å². The first-order valence-electron chi connectivity index (χ1n) is 8.05. The number of pyridine rings is 1. The molecule has 1 aromatic heterocycles. The number of aromatic nitrogens is 1. The number of aryl methyl sites for hydroxylation is 1. The number of allylic oxidation sites excluding steroid dienone is 2. The number of amidine groups is 1. The predicted molar refractivity (Wildman–Crippen MR) is 107 cm³/mol. The monoisotopic (exact) mass is 341 g/mol. The Bertz CT molecular complexity index is 666. The number of terminal acetylenes is 1. The molecule has 4 heteroatoms. The van der Waals surface area contributed by atoms with Gasteiger partial charge in [-0.25, -0.2) is 0 Å². The van der Waals surface area contributed by atoms with E-state index in [1.807, 2.05) is 12.3 Å². The van der Waals surface area contributed by atoms with Crippen molar-refractivity contribution in [1.82, 2.24) is 10.3 Å². The minimum atomic E-state index is 0.285. The summed E-state index contributed by atoms with van der Waals surface area (Å²) in [6.07, 6.45) is 14.9. The van der Waals surface area contributed by atoms with Gasteiger partial charge in [0.25, 0.3) is 0 Å². The Hall–Kier alpha value is -1.99. The molecule has 0 amide bonds. The van der Waals surface area contributed by atoms with E-state index in [4.69, 9.17) is 0 Å². The summed E-state index contributed by atoms with van der Waals surface area (Å²) >= 11 is 1.72. The quantitative estimate of drug-likeness (QED) is 0.813. The van der Waals surface area contributed by atoms with Crippen molar-refractivity contribution in [2.24, 2.45) is 4.99 Å². The van der Waals surface area contributed by atoms with Crippen LogP contribution in [0.15, 0.2) is 35.5 Å². The number of thioether (sulfide) groups is 1. The van der Waals surface area contributed by atoms with Crippen molar-refractivity contribution < 1.29 is 0 Å². The van der Waals surface area contributed by atoms with Gasteiger partial charge in [-0.15, -0.1) is 12.3 Å². The summed E-state index contributed by atoms with van der Waals surface area (Å²) in [4.78, 5) is 9.16. The van der Waals surface area contributed by atoms with E-state index in [9.17, 15) is 0 Å². The van der Waals surface area contributed by atoms with Crippen LogP contribution in [0.5, 0.6) is 0 Å². The molecule has 0 spiro atoms. The van der Waals surface area contributed by atoms with Gasteiger partial charge in [0.1, 0.15) is 0 Å². The van der Waals surface area contributed by atoms with Gasteiger partial charge in [0.15, 0.2) is 5.17 Å². The second-order valence-corrected chi connectivity index (χ2v) is 6.57. The van der Waals surface area contributed by atoms with E-state index in [-0.39, 0.29) is 6.04 Å². The Balaban J connectivity index is 0.000000891. The molecule has 0 fully saturated rings. The molecule has 1 aliphatic heterocycles. The van der Waals surface area contributed by atoms with Crippen LogP contribution in [0.4, 0.5) is 0 Å². The maximum atomic E-state index is 4.60. The summed E-state index contributed by atoms with van der Waals surface area (Å²) in [6, 6.07) is 0.285. The number of hydrogen-bond acceptors (Lipinski definition) is 4. The number of nitrogens with zero attached hydrogens (tertiary/aromatic N) is 2. The normalized spacial score (nSPS) is 19.2. The average Bonchev–Trinajstić information content (AvgIpc) is 2.65. The summed E-state index contributed by atoms with van der Waals surface area (Å²) in [6.45, 7) is 10.9. The maximum Gasteiger partial charge on any atom is 0.157 e. The highest BCUT2D eigenvalue weighted by molar-refractivity contribution is 8.13. The molecular formula is C20H27N3S. The highest BCUT2D eigenvalue weighted by atomic mass is 32.2. The fourth-order valence-electron chi connectivity index (χ4n) is 2.04. The second-order valence-electron chi connectivity index (χ2n) is 5.61. The minimum absolute atomic E-state index is 0.285. The lowest BCUT2D eigenvalue weighted by Gasteiger charge is -2.14. The van der Waals surface area contributed by atoms with Crippen LogP contribution in [0.2, 0.25) is 0 Å². The number of rotatable bonds is 2. The molecule has 3 nitrogen and oxygen atoms in total. The minimum Gasteiger partial charge on any atom is -0.359 e. The van der Waals surface area contributed by atoms with Crippen LogP contribution < -0.4 is 5.32 Å². The van der Waals surface area contributed by atoms with Gasteiger partial charge in [0.2, 0.25) is 0 Å². The van der Waals surface area contributed by atoms with Crippen molar-refractivity contribution in [3.63, 3.8) is 0 Å². The smallest absolute Gasteiger partial charge is 0.157 e. The molecule has 24 heavy (non-hydrogen) atoms. The second kappa shape index (κ2) is 10.7. The molecule has 0 aliphatic carbocycles. The van der Waals surface area contributed by atoms with Crippen LogP contribution in [-0.4, -0.2) is 22.7 Å². The van der Waals surface area contributed by atoms with Crippen LogP contribution in [0.3, 0.4) is 0 Å². The third-order valence-electron chi connectivity index (χ3n) is 3.68. The molecule has 0 radical (unpaired) electrons. The average molecular weight is 342 g/mol. The van der Waals surface area contributed by atoms with E-state index < -0.39 is 0 Å². The number of hydrogen-bond donors (Lipinski definition) is 1. The Kier molecular flexibility index (Phi) is 8.96. The summed E-state index contributed by atoms with van der Waals surface area (Å²) in [7, 11) is 0. The van der Waals surface area contributed by atoms with E-state index in [1.54, 1.807) is 18.7 Å². The standard InChI is InChI=1S/C17H23N3S.C3H4/c1-12-10-19-16(15(4)14(12)3)11-21-17-18-9-7-5-6-8-13(2)20-17;1-3-2/h5-8,10,13H,9,11H2,1-4H3,(H,18,20);1H,2H3/b7-5-,8-6-;. The Morgan fingerprint density at radius 3 is 2.71 bits per heavy atom. The first-order chi connectivity index (χ1) is 11.5. The van der Waals surface area contributed by atoms with E-state index in [1.165, 1.54) is 16.7 Å². The molecule has 0 saturated heterocycles. The van der Waals surface area contributed by atoms with Gasteiger partial charge in [-0.2, -0.15) is 0 Å². The zero-order chi connectivity index (χ0) is 17.9. The van der Waals surface area contributed by atoms with Crippen LogP contribution in [0.25, 0.3) is 0 Å². The highest BCUT2D eigenvalue weighted by Crippen LogP contribution is 2.20. The summed E-state index contributed by atoms with van der Waals surface area (Å²) < 4.78 is 0. The van der Waals surface area contributed by atoms with Crippen LogP contribution in [0, 0.1) is 33.1 Å². The van der Waals surface area contributed by atoms with Crippen molar-refractivity contribution >= 4 is 16.9 Å². The molecule has 0 aromatic carbocycles. The summed E-state index contributed by atoms with van der Waals surface area (Å²) in [5, 5.41) is 4.42. The lowest BCUT2D eigenvalue weighted by Crippen LogP contribution is -2.29. The lowest BCUT2D eigenvalue weighted by molar-refractivity contribution is 0.812. The molecule has 1 N–H and O–H groups in total. The topological polar surface area (TPSA) is 37.3 Å². The van der Waals surface area contributed by atoms with E-state index in [2.05, 4.69) is 73.6 Å². The van der Waals surface area contributed by atoms with Crippen LogP contribution in [0.1, 0.15) is 36.2 Å². The fraction of sp³-hybridized carbons (Fsp3) is 0.400. The van der Waals surface area contributed by atoms with Gasteiger partial charge < -0.3 is 5.32 Å². The largest absolute Gasteiger partial charge is 0.359 e. The van der Waals surface area contributed by atoms with Crippen LogP contribution in [-0.2, 0) is 5.75 Å². The fourth-order valence-corrected chi connectivity index (χ4v) is 3.04. The van der Waals surface area contributed by atoms with Gasteiger partial charge in [0, 0.05) is 18.0 Å². The van der Waals surface area contributed by atoms with Crippen molar-refractivity contribution in [2.75, 3.05) is 6.54 Å². The van der Waals surface area contributed by atoms with Crippen molar-refractivity contribution in [3.05, 3.63) is 52.9 Å². The zero-order valence-corrected chi connectivity index (χ0v) is 16.1. The molecule has 0 saturated carbocycles. The molecule has 1 unspecified atom stereocenters. The molecule has 2 heterocycles. The molecular weight excluding hydrogens is 314 g/mol. The van der Waals surface area contributed by atoms with Crippen molar-refractivity contribution in [3.8, 4) is 12.3 Å². The van der Waals surface area contributed by atoms with Gasteiger partial charge in [0.05, 0.1) is 12.2 Å². The van der Waals surface area contributed by atoms with Crippen molar-refractivity contribution in [2.45, 2.75) is 46.4 Å². The molecule has 1 atom stereocenters. The lowest BCUT2D eigenvalue weighted by atomic mass is 10.1. The first-order valence-corrected chi connectivity index (χ1v) is 9.04. The Morgan fingerprint density at radius 2 is 2.00 bits per heavy atom. The van der Waals surface area contributed by atoms with Crippen LogP contribution >= 0.6 is 11.8 Å². The van der Waals surface area contributed by atoms with Gasteiger partial charge in [-0.1, -0.05) is 36.1 Å². The van der Waals surface area contributed by atoms with Gasteiger partial charge in [-0.05, 0) is 51.3 Å². The zero-order valence-electron chi connectivity index (χ0n) is 15.3. The van der Waals surface area contributed by atoms with E-state index in [0.717, 1.165) is 16.6 Å². The molecule has 1 aliphatic rings. The predicted octanol–water partition coefficient (Wildman–Crippen LogP) is 4.34. The maximum absolute atomic E-state index is 4.60. The Morgan fingerprint density at radius 1 is 1.29 bits per heavy atom. The van der Waals surface area contributed by atoms with E-state index >= 15 is 0 Å². The Labute approximate surface area is 150 Å². The number of nitrogens with one attached hydrogen (secondary N) is 1. The summed E-state index contributed by atoms with van der Waals surface area (Å²) in [5.41, 5.74) is 5.03. The molecule has 1 aromatic rings. The number of aliphatic imine (C=N–C) groups is 1. The summed E-state index contributed by atoms with van der Waals surface area (Å²) in [5.74, 6) is 3.10. The van der Waals surface area contributed by atoms with Gasteiger partial charge >= 0.3 is 0 Å². The van der Waals surface area contributed by atoms with Crippen molar-refractivity contribution in [1.29, 1.82) is 0 Å². The third-order valence-corrected chi connectivity index (χ3v) is 4.62. The molecule has 128 valence electrons. The SMILES string of the molecule is C#CC.Cc1cnc(CSC2=NC/C=C\C=C/C(C)N2)c(C)c1C. The highest BCUT2D eigenvalue weighted by Gasteiger charge is 2.09. The third kappa shape index (κ3) is 6.64.